The zero-order valence-corrected chi connectivity index (χ0v) is 11.2. The van der Waals surface area contributed by atoms with Gasteiger partial charge >= 0.3 is 0 Å². The number of carbonyl (C=O) groups excluding carboxylic acids is 1. The van der Waals surface area contributed by atoms with E-state index in [1.807, 2.05) is 0 Å². The van der Waals surface area contributed by atoms with Crippen molar-refractivity contribution in [3.05, 3.63) is 23.9 Å². The SMILES string of the molecule is O=C1c2cccnc2S(=O)(=O)N1CCCCCCl. The van der Waals surface area contributed by atoms with Crippen LogP contribution in [0.5, 0.6) is 0 Å². The normalized spacial score (nSPS) is 16.9. The summed E-state index contributed by atoms with van der Waals surface area (Å²) in [7, 11) is -3.74. The molecule has 0 N–H and O–H groups in total. The van der Waals surface area contributed by atoms with Crippen LogP contribution in [-0.2, 0) is 10.0 Å². The summed E-state index contributed by atoms with van der Waals surface area (Å²) in [6.45, 7) is 0.189. The lowest BCUT2D eigenvalue weighted by atomic mass is 10.2. The molecule has 0 aromatic carbocycles. The maximum Gasteiger partial charge on any atom is 0.285 e. The number of hydrogen-bond donors (Lipinski definition) is 0. The summed E-state index contributed by atoms with van der Waals surface area (Å²) in [6.07, 6.45) is 3.60. The summed E-state index contributed by atoms with van der Waals surface area (Å²) in [6, 6.07) is 3.05. The van der Waals surface area contributed by atoms with E-state index in [0.29, 0.717) is 12.3 Å². The Morgan fingerprint density at radius 1 is 1.28 bits per heavy atom. The molecule has 0 saturated carbocycles. The molecule has 0 unspecified atom stereocenters. The maximum absolute atomic E-state index is 12.1. The minimum Gasteiger partial charge on any atom is -0.268 e. The molecule has 0 fully saturated rings. The Balaban J connectivity index is 2.18. The Bertz CT molecular complexity index is 559. The quantitative estimate of drug-likeness (QED) is 0.610. The van der Waals surface area contributed by atoms with E-state index < -0.39 is 15.9 Å². The molecule has 1 aromatic rings. The molecule has 18 heavy (non-hydrogen) atoms. The van der Waals surface area contributed by atoms with E-state index in [9.17, 15) is 13.2 Å². The number of rotatable bonds is 5. The average molecular weight is 289 g/mol. The number of hydrogen-bond acceptors (Lipinski definition) is 4. The summed E-state index contributed by atoms with van der Waals surface area (Å²) in [4.78, 5) is 15.7. The second kappa shape index (κ2) is 5.24. The molecule has 0 atom stereocenters. The van der Waals surface area contributed by atoms with E-state index in [1.165, 1.54) is 12.3 Å². The summed E-state index contributed by atoms with van der Waals surface area (Å²) in [5, 5.41) is -0.132. The standard InChI is InChI=1S/C11H13ClN2O3S/c12-6-2-1-3-8-14-11(15)9-5-4-7-13-10(9)18(14,16)17/h4-5,7H,1-3,6,8H2. The third-order valence-electron chi connectivity index (χ3n) is 2.76. The van der Waals surface area contributed by atoms with Gasteiger partial charge in [0.2, 0.25) is 0 Å². The van der Waals surface area contributed by atoms with Gasteiger partial charge in [-0.1, -0.05) is 6.42 Å². The maximum atomic E-state index is 12.1. The van der Waals surface area contributed by atoms with Crippen molar-refractivity contribution in [1.82, 2.24) is 9.29 Å². The van der Waals surface area contributed by atoms with Gasteiger partial charge in [-0.05, 0) is 25.0 Å². The predicted octanol–water partition coefficient (Wildman–Crippen LogP) is 1.64. The number of aromatic nitrogens is 1. The monoisotopic (exact) mass is 288 g/mol. The van der Waals surface area contributed by atoms with Crippen LogP contribution in [0.15, 0.2) is 23.4 Å². The summed E-state index contributed by atoms with van der Waals surface area (Å²) in [5.41, 5.74) is 0.162. The fourth-order valence-corrected chi connectivity index (χ4v) is 3.57. The van der Waals surface area contributed by atoms with Gasteiger partial charge in [0.1, 0.15) is 0 Å². The number of nitrogens with zero attached hydrogens (tertiary/aromatic N) is 2. The summed E-state index contributed by atoms with van der Waals surface area (Å²) in [5.74, 6) is 0.0617. The van der Waals surface area contributed by atoms with Crippen LogP contribution < -0.4 is 0 Å². The van der Waals surface area contributed by atoms with Gasteiger partial charge in [-0.3, -0.25) is 4.79 Å². The first kappa shape index (κ1) is 13.3. The van der Waals surface area contributed by atoms with Crippen LogP contribution in [0.4, 0.5) is 0 Å². The van der Waals surface area contributed by atoms with Crippen molar-refractivity contribution in [3.8, 4) is 0 Å². The minimum atomic E-state index is -3.74. The Hall–Kier alpha value is -1.14. The van der Waals surface area contributed by atoms with Crippen LogP contribution in [0.2, 0.25) is 0 Å². The van der Waals surface area contributed by atoms with Crippen LogP contribution in [0, 0.1) is 0 Å². The molecule has 1 amide bonds. The van der Waals surface area contributed by atoms with Crippen molar-refractivity contribution in [3.63, 3.8) is 0 Å². The largest absolute Gasteiger partial charge is 0.285 e. The number of pyridine rings is 1. The van der Waals surface area contributed by atoms with Crippen LogP contribution in [0.1, 0.15) is 29.6 Å². The molecule has 1 aliphatic heterocycles. The molecule has 98 valence electrons. The molecule has 5 nitrogen and oxygen atoms in total. The smallest absolute Gasteiger partial charge is 0.268 e. The molecular weight excluding hydrogens is 276 g/mol. The Morgan fingerprint density at radius 2 is 2.06 bits per heavy atom. The highest BCUT2D eigenvalue weighted by atomic mass is 35.5. The van der Waals surface area contributed by atoms with Crippen LogP contribution >= 0.6 is 11.6 Å². The van der Waals surface area contributed by atoms with Gasteiger partial charge in [0.25, 0.3) is 15.9 Å². The van der Waals surface area contributed by atoms with Crippen LogP contribution in [0.3, 0.4) is 0 Å². The molecule has 2 rings (SSSR count). The average Bonchev–Trinajstić information content (AvgIpc) is 2.55. The van der Waals surface area contributed by atoms with E-state index in [0.717, 1.165) is 17.1 Å². The van der Waals surface area contributed by atoms with Gasteiger partial charge in [0.15, 0.2) is 5.03 Å². The van der Waals surface area contributed by atoms with Crippen molar-refractivity contribution < 1.29 is 13.2 Å². The van der Waals surface area contributed by atoms with Gasteiger partial charge in [-0.25, -0.2) is 9.29 Å². The lowest BCUT2D eigenvalue weighted by molar-refractivity contribution is 0.0869. The molecule has 1 aliphatic rings. The molecule has 1 aromatic heterocycles. The van der Waals surface area contributed by atoms with Crippen molar-refractivity contribution in [2.24, 2.45) is 0 Å². The van der Waals surface area contributed by atoms with Gasteiger partial charge in [-0.15, -0.1) is 11.6 Å². The zero-order valence-electron chi connectivity index (χ0n) is 9.67. The molecule has 0 spiro atoms. The van der Waals surface area contributed by atoms with Crippen molar-refractivity contribution in [1.29, 1.82) is 0 Å². The first-order chi connectivity index (χ1) is 8.59. The van der Waals surface area contributed by atoms with Crippen LogP contribution in [-0.4, -0.2) is 36.0 Å². The number of alkyl halides is 1. The van der Waals surface area contributed by atoms with Crippen molar-refractivity contribution >= 4 is 27.5 Å². The number of halogens is 1. The lowest BCUT2D eigenvalue weighted by Crippen LogP contribution is -2.31. The highest BCUT2D eigenvalue weighted by Crippen LogP contribution is 2.28. The topological polar surface area (TPSA) is 67.3 Å². The molecule has 2 heterocycles. The highest BCUT2D eigenvalue weighted by Gasteiger charge is 2.41. The lowest BCUT2D eigenvalue weighted by Gasteiger charge is -2.13. The van der Waals surface area contributed by atoms with Crippen molar-refractivity contribution in [2.45, 2.75) is 24.3 Å². The number of amides is 1. The van der Waals surface area contributed by atoms with E-state index in [-0.39, 0.29) is 17.1 Å². The fraction of sp³-hybridized carbons (Fsp3) is 0.455. The predicted molar refractivity (Wildman–Crippen MR) is 67.0 cm³/mol. The Kier molecular flexibility index (Phi) is 3.87. The Morgan fingerprint density at radius 3 is 2.72 bits per heavy atom. The zero-order chi connectivity index (χ0) is 13.2. The molecule has 0 bridgehead atoms. The van der Waals surface area contributed by atoms with Crippen LogP contribution in [0.25, 0.3) is 0 Å². The number of fused-ring (bicyclic) bond motifs is 1. The molecule has 0 radical (unpaired) electrons. The second-order valence-corrected chi connectivity index (χ2v) is 6.14. The number of unbranched alkanes of at least 4 members (excludes halogenated alkanes) is 2. The molecule has 0 aliphatic carbocycles. The number of sulfonamides is 1. The van der Waals surface area contributed by atoms with E-state index >= 15 is 0 Å². The van der Waals surface area contributed by atoms with Gasteiger partial charge in [-0.2, -0.15) is 8.42 Å². The van der Waals surface area contributed by atoms with Gasteiger partial charge in [0, 0.05) is 18.6 Å². The second-order valence-electron chi connectivity index (χ2n) is 3.99. The van der Waals surface area contributed by atoms with Gasteiger partial charge < -0.3 is 0 Å². The highest BCUT2D eigenvalue weighted by molar-refractivity contribution is 7.90. The number of carbonyl (C=O) groups is 1. The van der Waals surface area contributed by atoms with E-state index in [2.05, 4.69) is 4.98 Å². The van der Waals surface area contributed by atoms with E-state index in [4.69, 9.17) is 11.6 Å². The third kappa shape index (κ3) is 2.22. The summed E-state index contributed by atoms with van der Waals surface area (Å²) >= 11 is 5.55. The summed E-state index contributed by atoms with van der Waals surface area (Å²) < 4.78 is 25.1. The van der Waals surface area contributed by atoms with Gasteiger partial charge in [0.05, 0.1) is 5.56 Å². The minimum absolute atomic E-state index is 0.132. The first-order valence-corrected chi connectivity index (χ1v) is 7.64. The molecule has 7 heteroatoms. The molecule has 0 saturated heterocycles. The fourth-order valence-electron chi connectivity index (χ4n) is 1.86. The van der Waals surface area contributed by atoms with E-state index in [1.54, 1.807) is 6.07 Å². The third-order valence-corrected chi connectivity index (χ3v) is 4.77. The Labute approximate surface area is 111 Å². The first-order valence-electron chi connectivity index (χ1n) is 5.67. The van der Waals surface area contributed by atoms with Crippen molar-refractivity contribution in [2.75, 3.05) is 12.4 Å². The molecular formula is C11H13ClN2O3S.